The van der Waals surface area contributed by atoms with Gasteiger partial charge in [0.1, 0.15) is 5.75 Å². The van der Waals surface area contributed by atoms with Crippen LogP contribution < -0.4 is 10.5 Å². The van der Waals surface area contributed by atoms with Crippen LogP contribution in [0.25, 0.3) is 0 Å². The molecular weight excluding hydrogens is 286 g/mol. The number of hydrogen-bond acceptors (Lipinski definition) is 3. The first-order valence-electron chi connectivity index (χ1n) is 5.46. The van der Waals surface area contributed by atoms with Crippen LogP contribution in [0.4, 0.5) is 0 Å². The van der Waals surface area contributed by atoms with Crippen LogP contribution in [-0.2, 0) is 12.2 Å². The van der Waals surface area contributed by atoms with Crippen molar-refractivity contribution >= 4 is 27.7 Å². The van der Waals surface area contributed by atoms with E-state index in [-0.39, 0.29) is 0 Å². The topological polar surface area (TPSA) is 35.2 Å². The molecule has 0 bridgehead atoms. The van der Waals surface area contributed by atoms with Crippen molar-refractivity contribution in [2.24, 2.45) is 5.73 Å². The van der Waals surface area contributed by atoms with Gasteiger partial charge in [-0.1, -0.05) is 22.9 Å². The third-order valence-corrected chi connectivity index (χ3v) is 4.38. The van der Waals surface area contributed by atoms with Gasteiger partial charge < -0.3 is 10.5 Å². The summed E-state index contributed by atoms with van der Waals surface area (Å²) in [4.78, 5) is 0. The third-order valence-electron chi connectivity index (χ3n) is 2.68. The van der Waals surface area contributed by atoms with Crippen LogP contribution in [0.3, 0.4) is 0 Å². The molecule has 2 N–H and O–H groups in total. The van der Waals surface area contributed by atoms with Crippen LogP contribution in [0, 0.1) is 0 Å². The average Bonchev–Trinajstić information content (AvgIpc) is 2.73. The maximum absolute atomic E-state index is 5.69. The molecule has 0 radical (unpaired) electrons. The molecule has 1 aromatic rings. The van der Waals surface area contributed by atoms with Gasteiger partial charge in [-0.2, -0.15) is 11.8 Å². The number of ether oxygens (including phenoxy) is 1. The Morgan fingerprint density at radius 2 is 2.38 bits per heavy atom. The number of rotatable bonds is 4. The number of nitrogens with two attached hydrogens (primary N) is 1. The molecule has 1 aromatic carbocycles. The fourth-order valence-corrected chi connectivity index (χ4v) is 3.12. The highest BCUT2D eigenvalue weighted by molar-refractivity contribution is 9.10. The Morgan fingerprint density at radius 1 is 1.56 bits per heavy atom. The summed E-state index contributed by atoms with van der Waals surface area (Å²) >= 11 is 5.43. The molecule has 16 heavy (non-hydrogen) atoms. The van der Waals surface area contributed by atoms with Gasteiger partial charge in [0.05, 0.1) is 6.61 Å². The minimum Gasteiger partial charge on any atom is -0.493 e. The zero-order chi connectivity index (χ0) is 11.5. The summed E-state index contributed by atoms with van der Waals surface area (Å²) in [5.41, 5.74) is 8.23. The molecule has 88 valence electrons. The molecule has 1 aliphatic rings. The van der Waals surface area contributed by atoms with Gasteiger partial charge in [0.2, 0.25) is 0 Å². The summed E-state index contributed by atoms with van der Waals surface area (Å²) in [7, 11) is 0. The standard InChI is InChI=1S/C12H16BrNOS/c1-8(6-14)16-7-10-5-11(13)4-9-2-3-15-12(9)10/h4-5,8H,2-3,6-7,14H2,1H3. The van der Waals surface area contributed by atoms with Crippen molar-refractivity contribution < 1.29 is 4.74 Å². The Labute approximate surface area is 109 Å². The van der Waals surface area contributed by atoms with E-state index < -0.39 is 0 Å². The summed E-state index contributed by atoms with van der Waals surface area (Å²) in [5.74, 6) is 2.07. The summed E-state index contributed by atoms with van der Waals surface area (Å²) in [6, 6.07) is 4.31. The van der Waals surface area contributed by atoms with Gasteiger partial charge in [0.25, 0.3) is 0 Å². The van der Waals surface area contributed by atoms with E-state index in [9.17, 15) is 0 Å². The normalized spacial score (nSPS) is 15.7. The maximum atomic E-state index is 5.69. The van der Waals surface area contributed by atoms with Gasteiger partial charge >= 0.3 is 0 Å². The van der Waals surface area contributed by atoms with E-state index in [0.717, 1.165) is 35.5 Å². The molecule has 1 heterocycles. The van der Waals surface area contributed by atoms with Crippen LogP contribution in [0.2, 0.25) is 0 Å². The van der Waals surface area contributed by atoms with Gasteiger partial charge in [-0.3, -0.25) is 0 Å². The maximum Gasteiger partial charge on any atom is 0.126 e. The van der Waals surface area contributed by atoms with Crippen LogP contribution in [0.15, 0.2) is 16.6 Å². The number of thioether (sulfide) groups is 1. The highest BCUT2D eigenvalue weighted by Crippen LogP contribution is 2.35. The van der Waals surface area contributed by atoms with Gasteiger partial charge in [-0.25, -0.2) is 0 Å². The van der Waals surface area contributed by atoms with Crippen LogP contribution in [-0.4, -0.2) is 18.4 Å². The molecule has 0 saturated carbocycles. The number of fused-ring (bicyclic) bond motifs is 1. The predicted molar refractivity (Wildman–Crippen MR) is 73.2 cm³/mol. The zero-order valence-electron chi connectivity index (χ0n) is 9.33. The Hall–Kier alpha value is -0.190. The van der Waals surface area contributed by atoms with Crippen LogP contribution in [0.1, 0.15) is 18.1 Å². The largest absolute Gasteiger partial charge is 0.493 e. The summed E-state index contributed by atoms with van der Waals surface area (Å²) in [6.07, 6.45) is 1.03. The highest BCUT2D eigenvalue weighted by atomic mass is 79.9. The van der Waals surface area contributed by atoms with Crippen molar-refractivity contribution in [1.82, 2.24) is 0 Å². The smallest absolute Gasteiger partial charge is 0.126 e. The Kier molecular flexibility index (Phi) is 4.16. The fourth-order valence-electron chi connectivity index (χ4n) is 1.75. The summed E-state index contributed by atoms with van der Waals surface area (Å²) in [5, 5.41) is 0.496. The first-order valence-corrected chi connectivity index (χ1v) is 7.30. The molecule has 0 spiro atoms. The van der Waals surface area contributed by atoms with Crippen molar-refractivity contribution in [1.29, 1.82) is 0 Å². The molecule has 2 rings (SSSR count). The van der Waals surface area contributed by atoms with Crippen molar-refractivity contribution in [3.05, 3.63) is 27.7 Å². The van der Waals surface area contributed by atoms with Crippen molar-refractivity contribution in [3.63, 3.8) is 0 Å². The van der Waals surface area contributed by atoms with Crippen molar-refractivity contribution in [3.8, 4) is 5.75 Å². The van der Waals surface area contributed by atoms with E-state index in [1.54, 1.807) is 0 Å². The number of halogens is 1. The summed E-state index contributed by atoms with van der Waals surface area (Å²) in [6.45, 7) is 3.70. The lowest BCUT2D eigenvalue weighted by atomic mass is 10.1. The molecule has 0 aromatic heterocycles. The molecule has 0 fully saturated rings. The molecular formula is C12H16BrNOS. The number of hydrogen-bond donors (Lipinski definition) is 1. The number of benzene rings is 1. The van der Waals surface area contributed by atoms with Crippen molar-refractivity contribution in [2.75, 3.05) is 13.2 Å². The first-order chi connectivity index (χ1) is 7.70. The van der Waals surface area contributed by atoms with E-state index in [1.165, 1.54) is 11.1 Å². The summed E-state index contributed by atoms with van der Waals surface area (Å²) < 4.78 is 6.83. The van der Waals surface area contributed by atoms with E-state index in [4.69, 9.17) is 10.5 Å². The molecule has 1 unspecified atom stereocenters. The fraction of sp³-hybridized carbons (Fsp3) is 0.500. The van der Waals surface area contributed by atoms with Gasteiger partial charge in [0.15, 0.2) is 0 Å². The highest BCUT2D eigenvalue weighted by Gasteiger charge is 2.17. The Balaban J connectivity index is 2.14. The van der Waals surface area contributed by atoms with Crippen LogP contribution >= 0.6 is 27.7 Å². The van der Waals surface area contributed by atoms with E-state index in [2.05, 4.69) is 35.0 Å². The van der Waals surface area contributed by atoms with Gasteiger partial charge in [-0.15, -0.1) is 0 Å². The zero-order valence-corrected chi connectivity index (χ0v) is 11.7. The molecule has 4 heteroatoms. The van der Waals surface area contributed by atoms with E-state index >= 15 is 0 Å². The second-order valence-corrected chi connectivity index (χ2v) is 6.35. The Bertz CT molecular complexity index is 384. The lowest BCUT2D eigenvalue weighted by molar-refractivity contribution is 0.354. The third kappa shape index (κ3) is 2.73. The first kappa shape index (κ1) is 12.3. The molecule has 1 aliphatic heterocycles. The minimum absolute atomic E-state index is 0.496. The van der Waals surface area contributed by atoms with E-state index in [1.807, 2.05) is 11.8 Å². The van der Waals surface area contributed by atoms with Crippen LogP contribution in [0.5, 0.6) is 5.75 Å². The molecule has 0 saturated heterocycles. The Morgan fingerprint density at radius 3 is 3.12 bits per heavy atom. The molecule has 1 atom stereocenters. The van der Waals surface area contributed by atoms with E-state index in [0.29, 0.717) is 5.25 Å². The molecule has 0 amide bonds. The predicted octanol–water partition coefficient (Wildman–Crippen LogP) is 2.96. The lowest BCUT2D eigenvalue weighted by Gasteiger charge is -2.11. The van der Waals surface area contributed by atoms with Crippen molar-refractivity contribution in [2.45, 2.75) is 24.3 Å². The molecule has 2 nitrogen and oxygen atoms in total. The van der Waals surface area contributed by atoms with Gasteiger partial charge in [-0.05, 0) is 17.7 Å². The van der Waals surface area contributed by atoms with Gasteiger partial charge in [0, 0.05) is 34.0 Å². The monoisotopic (exact) mass is 301 g/mol. The minimum atomic E-state index is 0.496. The second-order valence-electron chi connectivity index (χ2n) is 4.01. The SMILES string of the molecule is CC(CN)SCc1cc(Br)cc2c1OCC2. The average molecular weight is 302 g/mol. The lowest BCUT2D eigenvalue weighted by Crippen LogP contribution is -2.12. The second kappa shape index (κ2) is 5.43. The quantitative estimate of drug-likeness (QED) is 0.929. The molecule has 0 aliphatic carbocycles.